The minimum Gasteiger partial charge on any atom is -0.333 e. The molecule has 7 nitrogen and oxygen atoms in total. The van der Waals surface area contributed by atoms with Gasteiger partial charge in [0.15, 0.2) is 5.16 Å². The van der Waals surface area contributed by atoms with E-state index in [0.717, 1.165) is 11.0 Å². The van der Waals surface area contributed by atoms with E-state index in [-0.39, 0.29) is 17.1 Å². The van der Waals surface area contributed by atoms with E-state index >= 15 is 0 Å². The topological polar surface area (TPSA) is 101 Å². The number of nitrogens with one attached hydrogen (secondary N) is 2. The van der Waals surface area contributed by atoms with Crippen molar-refractivity contribution < 1.29 is 9.72 Å². The fourth-order valence-corrected chi connectivity index (χ4v) is 3.14. The monoisotopic (exact) mass is 396 g/mol. The van der Waals surface area contributed by atoms with Crippen LogP contribution in [0.3, 0.4) is 0 Å². The third-order valence-electron chi connectivity index (χ3n) is 3.19. The third-order valence-corrected chi connectivity index (χ3v) is 4.54. The predicted octanol–water partition coefficient (Wildman–Crippen LogP) is 4.51. The molecule has 0 unspecified atom stereocenters. The number of fused-ring (bicyclic) bond motifs is 1. The van der Waals surface area contributed by atoms with Crippen molar-refractivity contribution in [2.75, 3.05) is 11.1 Å². The van der Waals surface area contributed by atoms with E-state index in [2.05, 4.69) is 15.3 Å². The molecule has 0 fully saturated rings. The zero-order valence-corrected chi connectivity index (χ0v) is 14.8. The maximum Gasteiger partial charge on any atom is 0.292 e. The summed E-state index contributed by atoms with van der Waals surface area (Å²) < 4.78 is 0. The van der Waals surface area contributed by atoms with Gasteiger partial charge in [0, 0.05) is 16.1 Å². The second-order valence-electron chi connectivity index (χ2n) is 4.96. The highest BCUT2D eigenvalue weighted by molar-refractivity contribution is 7.99. The molecule has 2 aromatic carbocycles. The van der Waals surface area contributed by atoms with Gasteiger partial charge < -0.3 is 10.3 Å². The van der Waals surface area contributed by atoms with Gasteiger partial charge in [-0.3, -0.25) is 14.9 Å². The molecule has 3 aromatic rings. The summed E-state index contributed by atoms with van der Waals surface area (Å²) in [7, 11) is 0. The molecule has 0 aliphatic rings. The van der Waals surface area contributed by atoms with Crippen molar-refractivity contribution in [2.24, 2.45) is 0 Å². The van der Waals surface area contributed by atoms with Crippen LogP contribution >= 0.6 is 35.0 Å². The van der Waals surface area contributed by atoms with E-state index in [1.165, 1.54) is 30.0 Å². The number of hydrogen-bond acceptors (Lipinski definition) is 5. The number of aromatic amines is 1. The van der Waals surface area contributed by atoms with E-state index in [9.17, 15) is 14.9 Å². The number of imidazole rings is 1. The van der Waals surface area contributed by atoms with Crippen molar-refractivity contribution in [1.82, 2.24) is 9.97 Å². The molecule has 0 radical (unpaired) electrons. The summed E-state index contributed by atoms with van der Waals surface area (Å²) in [6.45, 7) is 0. The van der Waals surface area contributed by atoms with Gasteiger partial charge in [0.25, 0.3) is 5.69 Å². The molecule has 1 amide bonds. The third kappa shape index (κ3) is 4.22. The number of aromatic nitrogens is 2. The average molecular weight is 397 g/mol. The normalized spacial score (nSPS) is 10.8. The van der Waals surface area contributed by atoms with Gasteiger partial charge in [0.2, 0.25) is 5.91 Å². The number of anilines is 1. The molecule has 0 aliphatic carbocycles. The molecular weight excluding hydrogens is 387 g/mol. The van der Waals surface area contributed by atoms with Crippen LogP contribution in [-0.4, -0.2) is 26.6 Å². The van der Waals surface area contributed by atoms with Gasteiger partial charge in [-0.2, -0.15) is 0 Å². The van der Waals surface area contributed by atoms with Gasteiger partial charge in [0.1, 0.15) is 5.69 Å². The van der Waals surface area contributed by atoms with Gasteiger partial charge in [-0.05, 0) is 30.3 Å². The van der Waals surface area contributed by atoms with Crippen LogP contribution in [0.5, 0.6) is 0 Å². The van der Waals surface area contributed by atoms with Crippen LogP contribution in [0.1, 0.15) is 0 Å². The number of thioether (sulfide) groups is 1. The molecule has 0 bridgehead atoms. The molecule has 0 aliphatic heterocycles. The number of nitro benzene ring substituents is 1. The van der Waals surface area contributed by atoms with E-state index in [0.29, 0.717) is 15.2 Å². The minimum absolute atomic E-state index is 0.0250. The molecule has 25 heavy (non-hydrogen) atoms. The summed E-state index contributed by atoms with van der Waals surface area (Å²) in [5.74, 6) is -0.383. The number of H-pyrrole nitrogens is 1. The van der Waals surface area contributed by atoms with Gasteiger partial charge in [-0.25, -0.2) is 4.98 Å². The van der Waals surface area contributed by atoms with Crippen molar-refractivity contribution in [3.63, 3.8) is 0 Å². The molecule has 0 saturated heterocycles. The van der Waals surface area contributed by atoms with Crippen LogP contribution < -0.4 is 5.32 Å². The zero-order chi connectivity index (χ0) is 18.0. The summed E-state index contributed by atoms with van der Waals surface area (Å²) in [6.07, 6.45) is 0. The number of amides is 1. The maximum absolute atomic E-state index is 12.1. The van der Waals surface area contributed by atoms with Crippen molar-refractivity contribution in [3.05, 3.63) is 56.6 Å². The molecule has 0 atom stereocenters. The smallest absolute Gasteiger partial charge is 0.292 e. The molecule has 10 heteroatoms. The van der Waals surface area contributed by atoms with E-state index in [1.807, 2.05) is 0 Å². The fraction of sp³-hybridized carbons (Fsp3) is 0.0667. The Morgan fingerprint density at radius 2 is 1.96 bits per heavy atom. The highest BCUT2D eigenvalue weighted by atomic mass is 35.5. The van der Waals surface area contributed by atoms with E-state index in [4.69, 9.17) is 23.2 Å². The number of carbonyl (C=O) groups excluding carboxylic acids is 1. The number of nitro groups is 1. The molecule has 0 saturated carbocycles. The van der Waals surface area contributed by atoms with E-state index in [1.54, 1.807) is 18.2 Å². The Hall–Kier alpha value is -2.29. The average Bonchev–Trinajstić information content (AvgIpc) is 2.94. The number of hydrogen-bond donors (Lipinski definition) is 2. The molecule has 3 rings (SSSR count). The summed E-state index contributed by atoms with van der Waals surface area (Å²) in [4.78, 5) is 29.9. The van der Waals surface area contributed by atoms with E-state index < -0.39 is 10.8 Å². The summed E-state index contributed by atoms with van der Waals surface area (Å²) in [6, 6.07) is 9.21. The highest BCUT2D eigenvalue weighted by Crippen LogP contribution is 2.28. The number of halogens is 2. The van der Waals surface area contributed by atoms with Gasteiger partial charge in [-0.15, -0.1) is 0 Å². The van der Waals surface area contributed by atoms with Crippen LogP contribution in [0.15, 0.2) is 41.6 Å². The van der Waals surface area contributed by atoms with Crippen LogP contribution in [-0.2, 0) is 4.79 Å². The quantitative estimate of drug-likeness (QED) is 0.375. The van der Waals surface area contributed by atoms with Crippen LogP contribution in [0, 0.1) is 10.1 Å². The summed E-state index contributed by atoms with van der Waals surface area (Å²) >= 11 is 12.9. The molecule has 1 aromatic heterocycles. The Bertz CT molecular complexity index is 977. The second-order valence-corrected chi connectivity index (χ2v) is 6.80. The highest BCUT2D eigenvalue weighted by Gasteiger charge is 2.16. The first-order valence-electron chi connectivity index (χ1n) is 6.94. The van der Waals surface area contributed by atoms with Crippen LogP contribution in [0.4, 0.5) is 11.4 Å². The first-order chi connectivity index (χ1) is 11.9. The molecule has 2 N–H and O–H groups in total. The predicted molar refractivity (Wildman–Crippen MR) is 98.6 cm³/mol. The lowest BCUT2D eigenvalue weighted by Gasteiger charge is -2.05. The van der Waals surface area contributed by atoms with Crippen molar-refractivity contribution in [2.45, 2.75) is 5.16 Å². The lowest BCUT2D eigenvalue weighted by Crippen LogP contribution is -2.15. The molecule has 1 heterocycles. The largest absolute Gasteiger partial charge is 0.333 e. The lowest BCUT2D eigenvalue weighted by atomic mass is 10.2. The number of benzene rings is 2. The van der Waals surface area contributed by atoms with Gasteiger partial charge >= 0.3 is 0 Å². The van der Waals surface area contributed by atoms with Crippen LogP contribution in [0.25, 0.3) is 11.0 Å². The number of nitrogens with zero attached hydrogens (tertiary/aromatic N) is 2. The molecule has 0 spiro atoms. The Balaban J connectivity index is 1.68. The van der Waals surface area contributed by atoms with Crippen molar-refractivity contribution >= 4 is 63.3 Å². The lowest BCUT2D eigenvalue weighted by molar-refractivity contribution is -0.383. The Labute approximate surface area is 155 Å². The summed E-state index contributed by atoms with van der Waals surface area (Å²) in [5.41, 5.74) is 1.33. The maximum atomic E-state index is 12.1. The molecule has 128 valence electrons. The Kier molecular flexibility index (Phi) is 5.12. The second kappa shape index (κ2) is 7.30. The van der Waals surface area contributed by atoms with Gasteiger partial charge in [-0.1, -0.05) is 35.0 Å². The first-order valence-corrected chi connectivity index (χ1v) is 8.68. The first kappa shape index (κ1) is 17.5. The van der Waals surface area contributed by atoms with Crippen molar-refractivity contribution in [1.29, 1.82) is 0 Å². The SMILES string of the molecule is O=C(CSc1nc2ccc(Cl)cc2[nH]1)Nc1cc(Cl)ccc1[N+](=O)[O-]. The summed E-state index contributed by atoms with van der Waals surface area (Å²) in [5, 5.41) is 14.9. The number of rotatable bonds is 5. The minimum atomic E-state index is -0.581. The Morgan fingerprint density at radius 3 is 2.72 bits per heavy atom. The Morgan fingerprint density at radius 1 is 1.24 bits per heavy atom. The van der Waals surface area contributed by atoms with Gasteiger partial charge in [0.05, 0.1) is 21.7 Å². The fourth-order valence-electron chi connectivity index (χ4n) is 2.11. The number of carbonyl (C=O) groups is 1. The standard InChI is InChI=1S/C15H10Cl2N4O3S/c16-8-1-3-10-11(5-8)20-15(19-10)25-7-14(22)18-12-6-9(17)2-4-13(12)21(23)24/h1-6H,7H2,(H,18,22)(H,19,20). The zero-order valence-electron chi connectivity index (χ0n) is 12.5. The van der Waals surface area contributed by atoms with Crippen LogP contribution in [0.2, 0.25) is 10.0 Å². The molecular formula is C15H10Cl2N4O3S. The van der Waals surface area contributed by atoms with Crippen molar-refractivity contribution in [3.8, 4) is 0 Å².